The number of aromatic nitrogens is 1. The number of nitrogens with one attached hydrogen (secondary N) is 2. The summed E-state index contributed by atoms with van der Waals surface area (Å²) in [6.45, 7) is 0. The highest BCUT2D eigenvalue weighted by Gasteiger charge is 2.23. The van der Waals surface area contributed by atoms with Gasteiger partial charge in [0.05, 0.1) is 10.4 Å². The second kappa shape index (κ2) is 9.23. The average Bonchev–Trinajstić information content (AvgIpc) is 3.15. The van der Waals surface area contributed by atoms with Crippen molar-refractivity contribution in [2.45, 2.75) is 4.21 Å². The zero-order valence-corrected chi connectivity index (χ0v) is 20.4. The number of carbonyl (C=O) groups excluding carboxylic acids is 2. The molecule has 3 amide bonds. The molecule has 10 nitrogen and oxygen atoms in total. The maximum Gasteiger partial charge on any atom is 0.333 e. The topological polar surface area (TPSA) is 161 Å². The molecule has 0 unspecified atom stereocenters. The van der Waals surface area contributed by atoms with Crippen LogP contribution in [-0.2, 0) is 10.0 Å². The van der Waals surface area contributed by atoms with E-state index in [2.05, 4.69) is 5.32 Å². The highest BCUT2D eigenvalue weighted by atomic mass is 35.5. The first-order valence-electron chi connectivity index (χ1n) is 9.55. The molecule has 5 N–H and O–H groups in total. The zero-order chi connectivity index (χ0) is 25.5. The molecule has 35 heavy (non-hydrogen) atoms. The zero-order valence-electron chi connectivity index (χ0n) is 17.3. The summed E-state index contributed by atoms with van der Waals surface area (Å²) < 4.78 is 27.3. The second-order valence-corrected chi connectivity index (χ2v) is 11.0. The molecule has 0 bridgehead atoms. The van der Waals surface area contributed by atoms with Gasteiger partial charge < -0.3 is 16.2 Å². The molecule has 0 saturated carbocycles. The van der Waals surface area contributed by atoms with Crippen molar-refractivity contribution in [3.8, 4) is 11.4 Å². The molecule has 2 aromatic carbocycles. The maximum absolute atomic E-state index is 13.1. The van der Waals surface area contributed by atoms with Crippen molar-refractivity contribution in [3.05, 3.63) is 80.0 Å². The Kier molecular flexibility index (Phi) is 6.47. The number of nitrogens with two attached hydrogens (primary N) is 1. The maximum atomic E-state index is 13.1. The molecule has 14 heteroatoms. The SMILES string of the molecule is NC(=O)c1c(O)c2ccccc2c(=O)n1-c1ccc(NC(=O)NS(=O)(=O)c2cc(Cl)c(Cl)s2)cc1. The van der Waals surface area contributed by atoms with Crippen LogP contribution in [0.4, 0.5) is 10.5 Å². The van der Waals surface area contributed by atoms with Gasteiger partial charge in [-0.3, -0.25) is 14.2 Å². The van der Waals surface area contributed by atoms with Crippen molar-refractivity contribution in [1.82, 2.24) is 9.29 Å². The summed E-state index contributed by atoms with van der Waals surface area (Å²) in [5.74, 6) is -1.47. The predicted molar refractivity (Wildman–Crippen MR) is 133 cm³/mol. The van der Waals surface area contributed by atoms with Gasteiger partial charge in [0.1, 0.15) is 8.55 Å². The fraction of sp³-hybridized carbons (Fsp3) is 0. The van der Waals surface area contributed by atoms with Crippen LogP contribution >= 0.6 is 34.5 Å². The first-order chi connectivity index (χ1) is 16.5. The number of rotatable bonds is 5. The number of aromatic hydroxyl groups is 1. The van der Waals surface area contributed by atoms with Crippen LogP contribution in [0.3, 0.4) is 0 Å². The molecule has 0 radical (unpaired) electrons. The van der Waals surface area contributed by atoms with Crippen molar-refractivity contribution in [2.75, 3.05) is 5.32 Å². The number of fused-ring (bicyclic) bond motifs is 1. The number of urea groups is 1. The normalized spacial score (nSPS) is 11.4. The predicted octanol–water partition coefficient (Wildman–Crippen LogP) is 3.67. The summed E-state index contributed by atoms with van der Waals surface area (Å²) in [6, 6.07) is 11.7. The van der Waals surface area contributed by atoms with Crippen LogP contribution in [0.25, 0.3) is 16.5 Å². The lowest BCUT2D eigenvalue weighted by Gasteiger charge is -2.15. The summed E-state index contributed by atoms with van der Waals surface area (Å²) >= 11 is 12.2. The number of nitrogens with zero attached hydrogens (tertiary/aromatic N) is 1. The van der Waals surface area contributed by atoms with Crippen molar-refractivity contribution in [3.63, 3.8) is 0 Å². The third-order valence-corrected chi connectivity index (χ3v) is 8.46. The number of anilines is 1. The van der Waals surface area contributed by atoms with E-state index in [0.717, 1.165) is 10.6 Å². The van der Waals surface area contributed by atoms with Gasteiger partial charge in [-0.2, -0.15) is 0 Å². The number of pyridine rings is 1. The van der Waals surface area contributed by atoms with Gasteiger partial charge in [-0.25, -0.2) is 17.9 Å². The van der Waals surface area contributed by atoms with E-state index in [1.54, 1.807) is 12.1 Å². The molecule has 0 saturated heterocycles. The van der Waals surface area contributed by atoms with Crippen LogP contribution in [0.1, 0.15) is 10.5 Å². The van der Waals surface area contributed by atoms with Crippen LogP contribution in [-0.4, -0.2) is 30.0 Å². The van der Waals surface area contributed by atoms with E-state index in [9.17, 15) is 27.9 Å². The Morgan fingerprint density at radius 2 is 1.66 bits per heavy atom. The lowest BCUT2D eigenvalue weighted by atomic mass is 10.1. The number of carbonyl (C=O) groups is 2. The molecule has 0 atom stereocenters. The number of benzene rings is 2. The highest BCUT2D eigenvalue weighted by molar-refractivity contribution is 7.92. The minimum Gasteiger partial charge on any atom is -0.505 e. The number of primary amides is 1. The Morgan fingerprint density at radius 3 is 2.23 bits per heavy atom. The molecule has 4 aromatic rings. The lowest BCUT2D eigenvalue weighted by molar-refractivity contribution is 0.0990. The standard InChI is InChI=1S/C21H14Cl2N4O6S2/c22-14-9-15(34-18(14)23)35(32,33)26-21(31)25-10-5-7-11(8-6-10)27-16(19(24)29)17(28)12-3-1-2-4-13(12)20(27)30/h1-9,28H,(H2,24,29)(H2,25,26,31). The first kappa shape index (κ1) is 24.5. The monoisotopic (exact) mass is 552 g/mol. The quantitative estimate of drug-likeness (QED) is 0.295. The van der Waals surface area contributed by atoms with E-state index in [-0.39, 0.29) is 35.7 Å². The van der Waals surface area contributed by atoms with Gasteiger partial charge in [0.2, 0.25) is 0 Å². The van der Waals surface area contributed by atoms with Gasteiger partial charge in [0.15, 0.2) is 11.4 Å². The minimum absolute atomic E-state index is 0.0401. The molecule has 0 aliphatic carbocycles. The van der Waals surface area contributed by atoms with Crippen LogP contribution in [0.5, 0.6) is 5.75 Å². The van der Waals surface area contributed by atoms with Crippen LogP contribution in [0.15, 0.2) is 63.6 Å². The smallest absolute Gasteiger partial charge is 0.333 e. The molecule has 0 spiro atoms. The largest absolute Gasteiger partial charge is 0.505 e. The van der Waals surface area contributed by atoms with Gasteiger partial charge in [0.25, 0.3) is 21.5 Å². The Hall–Kier alpha value is -3.58. The van der Waals surface area contributed by atoms with Crippen LogP contribution < -0.4 is 21.3 Å². The van der Waals surface area contributed by atoms with Crippen LogP contribution in [0, 0.1) is 0 Å². The van der Waals surface area contributed by atoms with E-state index >= 15 is 0 Å². The molecule has 180 valence electrons. The Bertz CT molecular complexity index is 1640. The van der Waals surface area contributed by atoms with E-state index < -0.39 is 39.0 Å². The fourth-order valence-electron chi connectivity index (χ4n) is 3.29. The Labute approximate surface area is 211 Å². The number of hydrogen-bond donors (Lipinski definition) is 4. The molecule has 0 aliphatic rings. The minimum atomic E-state index is -4.22. The molecule has 2 heterocycles. The summed E-state index contributed by atoms with van der Waals surface area (Å²) in [6.07, 6.45) is 0. The average molecular weight is 553 g/mol. The second-order valence-electron chi connectivity index (χ2n) is 7.04. The number of thiophene rings is 1. The van der Waals surface area contributed by atoms with E-state index in [4.69, 9.17) is 28.9 Å². The van der Waals surface area contributed by atoms with Crippen molar-refractivity contribution in [2.24, 2.45) is 5.73 Å². The molecule has 4 rings (SSSR count). The lowest BCUT2D eigenvalue weighted by Crippen LogP contribution is -2.34. The summed E-state index contributed by atoms with van der Waals surface area (Å²) in [5.41, 5.74) is 4.77. The summed E-state index contributed by atoms with van der Waals surface area (Å²) in [4.78, 5) is 37.4. The van der Waals surface area contributed by atoms with E-state index in [0.29, 0.717) is 11.3 Å². The van der Waals surface area contributed by atoms with Crippen molar-refractivity contribution >= 4 is 73.0 Å². The summed E-state index contributed by atoms with van der Waals surface area (Å²) in [5, 5.41) is 13.3. The fourth-order valence-corrected chi connectivity index (χ4v) is 6.07. The van der Waals surface area contributed by atoms with Crippen molar-refractivity contribution in [1.29, 1.82) is 0 Å². The number of sulfonamides is 1. The van der Waals surface area contributed by atoms with Crippen molar-refractivity contribution < 1.29 is 23.1 Å². The van der Waals surface area contributed by atoms with E-state index in [1.165, 1.54) is 36.4 Å². The van der Waals surface area contributed by atoms with Gasteiger partial charge in [-0.05, 0) is 36.4 Å². The van der Waals surface area contributed by atoms with Gasteiger partial charge in [0, 0.05) is 16.8 Å². The van der Waals surface area contributed by atoms with Crippen LogP contribution in [0.2, 0.25) is 9.36 Å². The summed E-state index contributed by atoms with van der Waals surface area (Å²) in [7, 11) is -4.22. The molecular formula is C21H14Cl2N4O6S2. The molecule has 0 fully saturated rings. The van der Waals surface area contributed by atoms with Gasteiger partial charge in [-0.1, -0.05) is 41.4 Å². The molecule has 0 aliphatic heterocycles. The number of hydrogen-bond acceptors (Lipinski definition) is 7. The Morgan fingerprint density at radius 1 is 1.03 bits per heavy atom. The molecule has 2 aromatic heterocycles. The highest BCUT2D eigenvalue weighted by Crippen LogP contribution is 2.34. The van der Waals surface area contributed by atoms with Gasteiger partial charge >= 0.3 is 6.03 Å². The van der Waals surface area contributed by atoms with Gasteiger partial charge in [-0.15, -0.1) is 11.3 Å². The third kappa shape index (κ3) is 4.68. The first-order valence-corrected chi connectivity index (χ1v) is 12.6. The van der Waals surface area contributed by atoms with E-state index in [1.807, 2.05) is 4.72 Å². The molecular weight excluding hydrogens is 539 g/mol. The Balaban J connectivity index is 1.63. The third-order valence-electron chi connectivity index (χ3n) is 4.79. The number of amides is 3. The number of halogens is 2.